The molecule has 0 atom stereocenters. The fourth-order valence-corrected chi connectivity index (χ4v) is 1.66. The molecule has 1 aliphatic rings. The molecule has 0 unspecified atom stereocenters. The minimum absolute atomic E-state index is 0.366. The van der Waals surface area contributed by atoms with E-state index in [2.05, 4.69) is 24.3 Å². The van der Waals surface area contributed by atoms with Crippen LogP contribution in [0.1, 0.15) is 27.0 Å². The Morgan fingerprint density at radius 3 is 2.05 bits per heavy atom. The second kappa shape index (κ2) is 5.36. The SMILES string of the molecule is O=C(O)c1cccc(C(F)(F)F)c1.c1ccc2c(c1)C2. The number of carboxylic acid groups (broad SMARTS) is 1. The molecular weight excluding hydrogens is 269 g/mol. The second-order valence-corrected chi connectivity index (χ2v) is 4.33. The molecule has 0 aromatic heterocycles. The van der Waals surface area contributed by atoms with Crippen molar-refractivity contribution in [2.24, 2.45) is 0 Å². The van der Waals surface area contributed by atoms with Crippen LogP contribution >= 0.6 is 0 Å². The maximum absolute atomic E-state index is 12.0. The standard InChI is InChI=1S/C8H5F3O2.C7H6/c9-8(10,11)6-3-1-2-5(4-6)7(12)13;1-2-4-7-5-6(7)3-1/h1-4H,(H,12,13);1-4H,5H2. The van der Waals surface area contributed by atoms with Gasteiger partial charge in [-0.05, 0) is 35.7 Å². The molecule has 3 rings (SSSR count). The van der Waals surface area contributed by atoms with Gasteiger partial charge < -0.3 is 5.11 Å². The van der Waals surface area contributed by atoms with Gasteiger partial charge in [-0.25, -0.2) is 4.79 Å². The van der Waals surface area contributed by atoms with E-state index < -0.39 is 17.7 Å². The summed E-state index contributed by atoms with van der Waals surface area (Å²) < 4.78 is 36.1. The van der Waals surface area contributed by atoms with Crippen molar-refractivity contribution in [3.63, 3.8) is 0 Å². The predicted octanol–water partition coefficient (Wildman–Crippen LogP) is 3.99. The summed E-state index contributed by atoms with van der Waals surface area (Å²) in [5.41, 5.74) is 1.74. The molecule has 0 saturated heterocycles. The molecule has 1 aliphatic carbocycles. The monoisotopic (exact) mass is 280 g/mol. The van der Waals surface area contributed by atoms with Crippen LogP contribution in [0.4, 0.5) is 13.2 Å². The molecule has 20 heavy (non-hydrogen) atoms. The Bertz CT molecular complexity index is 612. The first-order valence-corrected chi connectivity index (χ1v) is 5.85. The molecule has 1 N–H and O–H groups in total. The van der Waals surface area contributed by atoms with Crippen molar-refractivity contribution in [2.45, 2.75) is 12.6 Å². The lowest BCUT2D eigenvalue weighted by Gasteiger charge is -2.06. The smallest absolute Gasteiger partial charge is 0.416 e. The van der Waals surface area contributed by atoms with E-state index in [1.807, 2.05) is 0 Å². The van der Waals surface area contributed by atoms with E-state index in [-0.39, 0.29) is 5.56 Å². The lowest BCUT2D eigenvalue weighted by molar-refractivity contribution is -0.137. The Kier molecular flexibility index (Phi) is 3.79. The fourth-order valence-electron chi connectivity index (χ4n) is 1.66. The van der Waals surface area contributed by atoms with Crippen LogP contribution in [0.3, 0.4) is 0 Å². The average molecular weight is 280 g/mol. The first-order valence-electron chi connectivity index (χ1n) is 5.85. The highest BCUT2D eigenvalue weighted by atomic mass is 19.4. The quantitative estimate of drug-likeness (QED) is 0.731. The highest BCUT2D eigenvalue weighted by Gasteiger charge is 2.30. The highest BCUT2D eigenvalue weighted by Crippen LogP contribution is 2.29. The summed E-state index contributed by atoms with van der Waals surface area (Å²) in [5.74, 6) is -1.37. The van der Waals surface area contributed by atoms with E-state index in [4.69, 9.17) is 5.11 Å². The molecule has 2 aromatic carbocycles. The zero-order chi connectivity index (χ0) is 14.8. The van der Waals surface area contributed by atoms with Crippen molar-refractivity contribution in [3.8, 4) is 0 Å². The number of carbonyl (C=O) groups is 1. The molecule has 2 nitrogen and oxygen atoms in total. The summed E-state index contributed by atoms with van der Waals surface area (Å²) in [6.07, 6.45) is -3.25. The molecule has 0 bridgehead atoms. The van der Waals surface area contributed by atoms with Gasteiger partial charge in [0.25, 0.3) is 0 Å². The minimum atomic E-state index is -4.49. The number of hydrogen-bond donors (Lipinski definition) is 1. The van der Waals surface area contributed by atoms with E-state index in [1.165, 1.54) is 17.5 Å². The molecule has 0 fully saturated rings. The normalized spacial score (nSPS) is 11.9. The minimum Gasteiger partial charge on any atom is -0.478 e. The van der Waals surface area contributed by atoms with Gasteiger partial charge in [-0.15, -0.1) is 0 Å². The second-order valence-electron chi connectivity index (χ2n) is 4.33. The number of rotatable bonds is 1. The van der Waals surface area contributed by atoms with Crippen LogP contribution in [-0.2, 0) is 12.6 Å². The lowest BCUT2D eigenvalue weighted by atomic mass is 10.1. The Morgan fingerprint density at radius 1 is 1.00 bits per heavy atom. The predicted molar refractivity (Wildman–Crippen MR) is 67.7 cm³/mol. The Hall–Kier alpha value is -2.30. The number of carboxylic acids is 1. The number of alkyl halides is 3. The third-order valence-corrected chi connectivity index (χ3v) is 2.81. The van der Waals surface area contributed by atoms with Gasteiger partial charge >= 0.3 is 12.1 Å². The molecule has 0 spiro atoms. The summed E-state index contributed by atoms with van der Waals surface area (Å²) >= 11 is 0. The van der Waals surface area contributed by atoms with E-state index >= 15 is 0 Å². The van der Waals surface area contributed by atoms with Crippen LogP contribution in [0.2, 0.25) is 0 Å². The maximum Gasteiger partial charge on any atom is 0.416 e. The maximum atomic E-state index is 12.0. The Balaban J connectivity index is 0.000000173. The third kappa shape index (κ3) is 3.60. The first-order chi connectivity index (χ1) is 9.38. The summed E-state index contributed by atoms with van der Waals surface area (Å²) in [6, 6.07) is 12.1. The van der Waals surface area contributed by atoms with Crippen molar-refractivity contribution in [1.29, 1.82) is 0 Å². The largest absolute Gasteiger partial charge is 0.478 e. The first kappa shape index (κ1) is 14.1. The van der Waals surface area contributed by atoms with Gasteiger partial charge in [0.05, 0.1) is 11.1 Å². The van der Waals surface area contributed by atoms with Crippen LogP contribution < -0.4 is 0 Å². The Labute approximate surface area is 113 Å². The van der Waals surface area contributed by atoms with E-state index in [9.17, 15) is 18.0 Å². The lowest BCUT2D eigenvalue weighted by Crippen LogP contribution is -2.06. The fraction of sp³-hybridized carbons (Fsp3) is 0.133. The van der Waals surface area contributed by atoms with Crippen LogP contribution in [0, 0.1) is 0 Å². The zero-order valence-corrected chi connectivity index (χ0v) is 10.3. The van der Waals surface area contributed by atoms with Crippen LogP contribution in [0.5, 0.6) is 0 Å². The molecule has 0 heterocycles. The molecule has 104 valence electrons. The van der Waals surface area contributed by atoms with Crippen molar-refractivity contribution in [3.05, 3.63) is 70.8 Å². The molecule has 5 heteroatoms. The van der Waals surface area contributed by atoms with Crippen molar-refractivity contribution >= 4 is 5.97 Å². The summed E-state index contributed by atoms with van der Waals surface area (Å²) in [4.78, 5) is 10.3. The summed E-state index contributed by atoms with van der Waals surface area (Å²) in [5, 5.41) is 8.41. The molecule has 2 aromatic rings. The highest BCUT2D eigenvalue weighted by molar-refractivity contribution is 5.87. The number of aromatic carboxylic acids is 1. The zero-order valence-electron chi connectivity index (χ0n) is 10.3. The van der Waals surface area contributed by atoms with Gasteiger partial charge in [0.2, 0.25) is 0 Å². The van der Waals surface area contributed by atoms with Crippen molar-refractivity contribution in [2.75, 3.05) is 0 Å². The van der Waals surface area contributed by atoms with Crippen LogP contribution in [0.15, 0.2) is 48.5 Å². The molecule has 0 aliphatic heterocycles. The molecule has 0 radical (unpaired) electrons. The number of benzene rings is 2. The number of fused-ring (bicyclic) bond motifs is 1. The van der Waals surface area contributed by atoms with E-state index in [1.54, 1.807) is 0 Å². The van der Waals surface area contributed by atoms with Crippen LogP contribution in [0.25, 0.3) is 0 Å². The van der Waals surface area contributed by atoms with Crippen molar-refractivity contribution in [1.82, 2.24) is 0 Å². The van der Waals surface area contributed by atoms with Gasteiger partial charge in [-0.3, -0.25) is 0 Å². The number of halogens is 3. The van der Waals surface area contributed by atoms with Gasteiger partial charge in [0.15, 0.2) is 0 Å². The molecule has 0 saturated carbocycles. The molecule has 0 amide bonds. The molecular formula is C15H11F3O2. The van der Waals surface area contributed by atoms with Gasteiger partial charge in [0.1, 0.15) is 0 Å². The van der Waals surface area contributed by atoms with Gasteiger partial charge in [0, 0.05) is 0 Å². The number of hydrogen-bond acceptors (Lipinski definition) is 1. The average Bonchev–Trinajstić information content (AvgIpc) is 3.18. The van der Waals surface area contributed by atoms with E-state index in [0.717, 1.165) is 18.2 Å². The summed E-state index contributed by atoms with van der Waals surface area (Å²) in [7, 11) is 0. The third-order valence-electron chi connectivity index (χ3n) is 2.81. The van der Waals surface area contributed by atoms with Crippen molar-refractivity contribution < 1.29 is 23.1 Å². The van der Waals surface area contributed by atoms with Gasteiger partial charge in [-0.2, -0.15) is 13.2 Å². The topological polar surface area (TPSA) is 37.3 Å². The Morgan fingerprint density at radius 2 is 1.60 bits per heavy atom. The van der Waals surface area contributed by atoms with Crippen LogP contribution in [-0.4, -0.2) is 11.1 Å². The van der Waals surface area contributed by atoms with E-state index in [0.29, 0.717) is 6.07 Å². The van der Waals surface area contributed by atoms with Gasteiger partial charge in [-0.1, -0.05) is 30.3 Å². The summed E-state index contributed by atoms with van der Waals surface area (Å²) in [6.45, 7) is 0.